The fourth-order valence-corrected chi connectivity index (χ4v) is 4.41. The van der Waals surface area contributed by atoms with E-state index in [-0.39, 0.29) is 0 Å². The second-order valence-corrected chi connectivity index (χ2v) is 7.55. The molecule has 0 N–H and O–H groups in total. The lowest BCUT2D eigenvalue weighted by Gasteiger charge is -2.31. The lowest BCUT2D eigenvalue weighted by molar-refractivity contribution is 0.290. The van der Waals surface area contributed by atoms with Crippen molar-refractivity contribution in [1.82, 2.24) is 9.78 Å². The third-order valence-electron chi connectivity index (χ3n) is 4.11. The number of hydrogen-bond donors (Lipinski definition) is 0. The first-order valence-corrected chi connectivity index (χ1v) is 8.58. The van der Waals surface area contributed by atoms with E-state index in [1.54, 1.807) is 0 Å². The highest BCUT2D eigenvalue weighted by atomic mass is 79.9. The summed E-state index contributed by atoms with van der Waals surface area (Å²) in [6.45, 7) is 4.54. The molecule has 0 bridgehead atoms. The van der Waals surface area contributed by atoms with Gasteiger partial charge in [-0.2, -0.15) is 5.10 Å². The Morgan fingerprint density at radius 3 is 2.72 bits per heavy atom. The van der Waals surface area contributed by atoms with E-state index in [4.69, 9.17) is 0 Å². The molecule has 1 saturated carbocycles. The summed E-state index contributed by atoms with van der Waals surface area (Å²) in [7, 11) is 2.06. The molecule has 0 aliphatic heterocycles. The Morgan fingerprint density at radius 2 is 2.11 bits per heavy atom. The topological polar surface area (TPSA) is 17.8 Å². The lowest BCUT2D eigenvalue weighted by atomic mass is 9.80. The third-order valence-corrected chi connectivity index (χ3v) is 6.23. The van der Waals surface area contributed by atoms with Gasteiger partial charge in [-0.05, 0) is 59.9 Å². The molecule has 18 heavy (non-hydrogen) atoms. The van der Waals surface area contributed by atoms with Gasteiger partial charge in [0.05, 0.1) is 15.9 Å². The maximum atomic E-state index is 4.59. The van der Waals surface area contributed by atoms with Gasteiger partial charge in [0.25, 0.3) is 0 Å². The van der Waals surface area contributed by atoms with E-state index in [1.807, 2.05) is 0 Å². The summed E-state index contributed by atoms with van der Waals surface area (Å²) in [6, 6.07) is 0. The first-order valence-electron chi connectivity index (χ1n) is 6.87. The summed E-state index contributed by atoms with van der Waals surface area (Å²) in [4.78, 5) is 0.667. The molecule has 3 atom stereocenters. The molecule has 0 spiro atoms. The SMILES string of the molecule is CCc1nn(C)c(CC2CC(C)CCC2Br)c1Br. The van der Waals surface area contributed by atoms with E-state index < -0.39 is 0 Å². The molecule has 0 radical (unpaired) electrons. The molecule has 0 amide bonds. The Bertz CT molecular complexity index is 414. The lowest BCUT2D eigenvalue weighted by Crippen LogP contribution is -2.26. The van der Waals surface area contributed by atoms with Crippen molar-refractivity contribution in [2.45, 2.75) is 50.8 Å². The molecule has 1 aliphatic carbocycles. The molecule has 2 nitrogen and oxygen atoms in total. The summed E-state index contributed by atoms with van der Waals surface area (Å²) in [5.74, 6) is 1.60. The van der Waals surface area contributed by atoms with Crippen LogP contribution in [0.25, 0.3) is 0 Å². The van der Waals surface area contributed by atoms with Crippen LogP contribution in [0.4, 0.5) is 0 Å². The highest BCUT2D eigenvalue weighted by molar-refractivity contribution is 9.10. The molecule has 1 aromatic rings. The van der Waals surface area contributed by atoms with Gasteiger partial charge in [0, 0.05) is 11.9 Å². The minimum atomic E-state index is 0.667. The largest absolute Gasteiger partial charge is 0.271 e. The molecular formula is C14H22Br2N2. The predicted molar refractivity (Wildman–Crippen MR) is 83.2 cm³/mol. The van der Waals surface area contributed by atoms with Gasteiger partial charge < -0.3 is 0 Å². The smallest absolute Gasteiger partial charge is 0.0766 e. The zero-order valence-electron chi connectivity index (χ0n) is 11.4. The highest BCUT2D eigenvalue weighted by Crippen LogP contribution is 2.37. The molecule has 1 aromatic heterocycles. The van der Waals surface area contributed by atoms with Gasteiger partial charge in [0.1, 0.15) is 0 Å². The second-order valence-electron chi connectivity index (χ2n) is 5.58. The van der Waals surface area contributed by atoms with Crippen molar-refractivity contribution in [3.8, 4) is 0 Å². The molecular weight excluding hydrogens is 356 g/mol. The molecule has 0 aromatic carbocycles. The summed E-state index contributed by atoms with van der Waals surface area (Å²) in [5.41, 5.74) is 2.54. The van der Waals surface area contributed by atoms with Crippen molar-refractivity contribution in [1.29, 1.82) is 0 Å². The maximum Gasteiger partial charge on any atom is 0.0766 e. The molecule has 1 aliphatic rings. The van der Waals surface area contributed by atoms with E-state index in [0.29, 0.717) is 4.83 Å². The van der Waals surface area contributed by atoms with Crippen LogP contribution in [-0.2, 0) is 19.9 Å². The Balaban J connectivity index is 2.15. The van der Waals surface area contributed by atoms with Gasteiger partial charge in [-0.25, -0.2) is 0 Å². The van der Waals surface area contributed by atoms with Crippen molar-refractivity contribution in [2.24, 2.45) is 18.9 Å². The molecule has 102 valence electrons. The van der Waals surface area contributed by atoms with Gasteiger partial charge in [-0.3, -0.25) is 4.68 Å². The summed E-state index contributed by atoms with van der Waals surface area (Å²) >= 11 is 7.59. The number of halogens is 2. The van der Waals surface area contributed by atoms with E-state index >= 15 is 0 Å². The fraction of sp³-hybridized carbons (Fsp3) is 0.786. The van der Waals surface area contributed by atoms with E-state index in [2.05, 4.69) is 62.5 Å². The monoisotopic (exact) mass is 376 g/mol. The zero-order valence-corrected chi connectivity index (χ0v) is 14.6. The Labute approximate surface area is 127 Å². The number of aryl methyl sites for hydroxylation is 2. The molecule has 1 fully saturated rings. The van der Waals surface area contributed by atoms with Gasteiger partial charge in [-0.1, -0.05) is 29.8 Å². The Hall–Kier alpha value is 0.170. The number of nitrogens with zero attached hydrogens (tertiary/aromatic N) is 2. The Morgan fingerprint density at radius 1 is 1.39 bits per heavy atom. The fourth-order valence-electron chi connectivity index (χ4n) is 2.96. The number of rotatable bonds is 3. The number of aromatic nitrogens is 2. The third kappa shape index (κ3) is 3.01. The quantitative estimate of drug-likeness (QED) is 0.709. The van der Waals surface area contributed by atoms with Gasteiger partial charge in [-0.15, -0.1) is 0 Å². The normalized spacial score (nSPS) is 28.6. The second kappa shape index (κ2) is 6.08. The standard InChI is InChI=1S/C14H22Br2N2/c1-4-12-14(16)13(18(3)17-12)8-10-7-9(2)5-6-11(10)15/h9-11H,4-8H2,1-3H3. The zero-order chi connectivity index (χ0) is 13.3. The van der Waals surface area contributed by atoms with Gasteiger partial charge >= 0.3 is 0 Å². The van der Waals surface area contributed by atoms with Crippen LogP contribution in [0.15, 0.2) is 4.47 Å². The van der Waals surface area contributed by atoms with Crippen molar-refractivity contribution in [3.05, 3.63) is 15.9 Å². The van der Waals surface area contributed by atoms with E-state index in [0.717, 1.165) is 24.7 Å². The average Bonchev–Trinajstić information content (AvgIpc) is 2.61. The van der Waals surface area contributed by atoms with Crippen LogP contribution in [0.1, 0.15) is 44.5 Å². The summed E-state index contributed by atoms with van der Waals surface area (Å²) in [5, 5.41) is 4.59. The summed E-state index contributed by atoms with van der Waals surface area (Å²) in [6.07, 6.45) is 6.12. The van der Waals surface area contributed by atoms with Crippen molar-refractivity contribution in [2.75, 3.05) is 0 Å². The number of alkyl halides is 1. The minimum absolute atomic E-state index is 0.667. The van der Waals surface area contributed by atoms with Crippen LogP contribution in [0.2, 0.25) is 0 Å². The average molecular weight is 378 g/mol. The van der Waals surface area contributed by atoms with Crippen LogP contribution < -0.4 is 0 Å². The maximum absolute atomic E-state index is 4.59. The predicted octanol–water partition coefficient (Wildman–Crippen LogP) is 4.49. The molecule has 0 saturated heterocycles. The van der Waals surface area contributed by atoms with Crippen LogP contribution in [0.3, 0.4) is 0 Å². The molecule has 4 heteroatoms. The van der Waals surface area contributed by atoms with Crippen molar-refractivity contribution >= 4 is 31.9 Å². The van der Waals surface area contributed by atoms with Crippen LogP contribution in [-0.4, -0.2) is 14.6 Å². The van der Waals surface area contributed by atoms with Crippen LogP contribution in [0, 0.1) is 11.8 Å². The molecule has 3 unspecified atom stereocenters. The number of hydrogen-bond acceptors (Lipinski definition) is 1. The molecule has 2 rings (SSSR count). The minimum Gasteiger partial charge on any atom is -0.271 e. The van der Waals surface area contributed by atoms with Crippen LogP contribution >= 0.6 is 31.9 Å². The van der Waals surface area contributed by atoms with Crippen LogP contribution in [0.5, 0.6) is 0 Å². The first-order chi connectivity index (χ1) is 8.52. The first kappa shape index (κ1) is 14.6. The highest BCUT2D eigenvalue weighted by Gasteiger charge is 2.28. The van der Waals surface area contributed by atoms with Crippen molar-refractivity contribution in [3.63, 3.8) is 0 Å². The van der Waals surface area contributed by atoms with Gasteiger partial charge in [0.2, 0.25) is 0 Å². The summed E-state index contributed by atoms with van der Waals surface area (Å²) < 4.78 is 3.28. The van der Waals surface area contributed by atoms with E-state index in [1.165, 1.54) is 35.1 Å². The Kier molecular flexibility index (Phi) is 4.92. The van der Waals surface area contributed by atoms with Crippen molar-refractivity contribution < 1.29 is 0 Å². The van der Waals surface area contributed by atoms with Gasteiger partial charge in [0.15, 0.2) is 0 Å². The molecule has 1 heterocycles. The van der Waals surface area contributed by atoms with E-state index in [9.17, 15) is 0 Å².